The zero-order valence-corrected chi connectivity index (χ0v) is 15.7. The Morgan fingerprint density at radius 1 is 0.893 bits per heavy atom. The highest BCUT2D eigenvalue weighted by molar-refractivity contribution is 5.91. The summed E-state index contributed by atoms with van der Waals surface area (Å²) in [5.41, 5.74) is 5.76. The van der Waals surface area contributed by atoms with Crippen LogP contribution in [0.1, 0.15) is 17.8 Å². The Kier molecular flexibility index (Phi) is 5.06. The van der Waals surface area contributed by atoms with Gasteiger partial charge in [0.1, 0.15) is 5.65 Å². The van der Waals surface area contributed by atoms with Gasteiger partial charge in [0, 0.05) is 35.4 Å². The second-order valence-electron chi connectivity index (χ2n) is 6.69. The fraction of sp³-hybridized carbons (Fsp3) is 0.130. The maximum atomic E-state index is 12.4. The standard InChI is InChI=1S/C23H22N4O/c1-17-21(27-16-6-5-9-22(27)24-17)14-15-23(28)26-20-12-10-19(11-13-20)25-18-7-3-2-4-8-18/h2-13,16,25H,14-15H2,1H3,(H,26,28). The summed E-state index contributed by atoms with van der Waals surface area (Å²) in [6.07, 6.45) is 3.05. The molecule has 5 heteroatoms. The molecule has 1 amide bonds. The molecule has 0 bridgehead atoms. The van der Waals surface area contributed by atoms with Crippen molar-refractivity contribution in [2.75, 3.05) is 10.6 Å². The molecule has 4 rings (SSSR count). The number of aryl methyl sites for hydroxylation is 2. The van der Waals surface area contributed by atoms with Gasteiger partial charge in [-0.05, 0) is 61.9 Å². The van der Waals surface area contributed by atoms with Gasteiger partial charge in [0.05, 0.1) is 5.69 Å². The minimum atomic E-state index is -0.00551. The molecular weight excluding hydrogens is 348 g/mol. The van der Waals surface area contributed by atoms with E-state index in [0.29, 0.717) is 12.8 Å². The highest BCUT2D eigenvalue weighted by Gasteiger charge is 2.10. The van der Waals surface area contributed by atoms with Crippen LogP contribution < -0.4 is 10.6 Å². The molecule has 2 N–H and O–H groups in total. The van der Waals surface area contributed by atoms with Crippen LogP contribution >= 0.6 is 0 Å². The first-order chi connectivity index (χ1) is 13.7. The molecule has 0 spiro atoms. The van der Waals surface area contributed by atoms with Gasteiger partial charge in [0.15, 0.2) is 0 Å². The number of nitrogens with zero attached hydrogens (tertiary/aromatic N) is 2. The van der Waals surface area contributed by atoms with Gasteiger partial charge in [-0.3, -0.25) is 4.79 Å². The van der Waals surface area contributed by atoms with E-state index in [-0.39, 0.29) is 5.91 Å². The fourth-order valence-corrected chi connectivity index (χ4v) is 3.25. The molecule has 2 aromatic heterocycles. The second-order valence-corrected chi connectivity index (χ2v) is 6.69. The molecule has 28 heavy (non-hydrogen) atoms. The van der Waals surface area contributed by atoms with Gasteiger partial charge in [0.2, 0.25) is 5.91 Å². The Balaban J connectivity index is 1.35. The Labute approximate surface area is 164 Å². The number of fused-ring (bicyclic) bond motifs is 1. The van der Waals surface area contributed by atoms with Crippen molar-refractivity contribution in [2.24, 2.45) is 0 Å². The molecule has 140 valence electrons. The van der Waals surface area contributed by atoms with Crippen molar-refractivity contribution in [1.29, 1.82) is 0 Å². The molecule has 2 heterocycles. The van der Waals surface area contributed by atoms with E-state index in [4.69, 9.17) is 0 Å². The normalized spacial score (nSPS) is 10.8. The molecule has 0 atom stereocenters. The largest absolute Gasteiger partial charge is 0.356 e. The molecule has 0 aliphatic rings. The molecule has 2 aromatic carbocycles. The molecular formula is C23H22N4O. The monoisotopic (exact) mass is 370 g/mol. The number of amides is 1. The maximum Gasteiger partial charge on any atom is 0.224 e. The van der Waals surface area contributed by atoms with Crippen molar-refractivity contribution in [3.8, 4) is 0 Å². The van der Waals surface area contributed by atoms with Crippen molar-refractivity contribution in [3.63, 3.8) is 0 Å². The number of pyridine rings is 1. The molecule has 0 aliphatic carbocycles. The van der Waals surface area contributed by atoms with Crippen LogP contribution in [0.15, 0.2) is 79.0 Å². The van der Waals surface area contributed by atoms with E-state index in [1.165, 1.54) is 0 Å². The highest BCUT2D eigenvalue weighted by Crippen LogP contribution is 2.19. The van der Waals surface area contributed by atoms with E-state index in [2.05, 4.69) is 15.6 Å². The predicted molar refractivity (Wildman–Crippen MR) is 113 cm³/mol. The van der Waals surface area contributed by atoms with Crippen molar-refractivity contribution in [3.05, 3.63) is 90.4 Å². The van der Waals surface area contributed by atoms with Crippen LogP contribution in [0.5, 0.6) is 0 Å². The third-order valence-electron chi connectivity index (χ3n) is 4.65. The fourth-order valence-electron chi connectivity index (χ4n) is 3.25. The summed E-state index contributed by atoms with van der Waals surface area (Å²) in [4.78, 5) is 16.9. The minimum absolute atomic E-state index is 0.00551. The van der Waals surface area contributed by atoms with Gasteiger partial charge in [-0.1, -0.05) is 24.3 Å². The van der Waals surface area contributed by atoms with Crippen molar-refractivity contribution >= 4 is 28.6 Å². The van der Waals surface area contributed by atoms with E-state index in [9.17, 15) is 4.79 Å². The van der Waals surface area contributed by atoms with Gasteiger partial charge in [-0.2, -0.15) is 0 Å². The average molecular weight is 370 g/mol. The molecule has 4 aromatic rings. The van der Waals surface area contributed by atoms with E-state index in [1.54, 1.807) is 0 Å². The zero-order chi connectivity index (χ0) is 19.3. The quantitative estimate of drug-likeness (QED) is 0.504. The second kappa shape index (κ2) is 7.96. The van der Waals surface area contributed by atoms with E-state index < -0.39 is 0 Å². The summed E-state index contributed by atoms with van der Waals surface area (Å²) >= 11 is 0. The number of carbonyl (C=O) groups is 1. The van der Waals surface area contributed by atoms with Crippen LogP contribution in [0.25, 0.3) is 5.65 Å². The number of nitrogens with one attached hydrogen (secondary N) is 2. The molecule has 0 fully saturated rings. The summed E-state index contributed by atoms with van der Waals surface area (Å²) in [6.45, 7) is 1.98. The van der Waals surface area contributed by atoms with Crippen molar-refractivity contribution in [1.82, 2.24) is 9.38 Å². The third-order valence-corrected chi connectivity index (χ3v) is 4.65. The van der Waals surface area contributed by atoms with E-state index >= 15 is 0 Å². The molecule has 0 radical (unpaired) electrons. The lowest BCUT2D eigenvalue weighted by Crippen LogP contribution is -2.13. The van der Waals surface area contributed by atoms with Crippen LogP contribution in [0.4, 0.5) is 17.1 Å². The summed E-state index contributed by atoms with van der Waals surface area (Å²) in [5, 5.41) is 6.30. The molecule has 0 saturated heterocycles. The first-order valence-corrected chi connectivity index (χ1v) is 9.33. The minimum Gasteiger partial charge on any atom is -0.356 e. The number of para-hydroxylation sites is 1. The van der Waals surface area contributed by atoms with Gasteiger partial charge in [-0.25, -0.2) is 4.98 Å². The lowest BCUT2D eigenvalue weighted by Gasteiger charge is -2.09. The number of benzene rings is 2. The Morgan fingerprint density at radius 3 is 2.36 bits per heavy atom. The smallest absolute Gasteiger partial charge is 0.224 e. The van der Waals surface area contributed by atoms with Crippen LogP contribution in [0, 0.1) is 6.92 Å². The van der Waals surface area contributed by atoms with Crippen molar-refractivity contribution < 1.29 is 4.79 Å². The lowest BCUT2D eigenvalue weighted by molar-refractivity contribution is -0.116. The molecule has 0 aliphatic heterocycles. The van der Waals surface area contributed by atoms with E-state index in [0.717, 1.165) is 34.1 Å². The summed E-state index contributed by atoms with van der Waals surface area (Å²) < 4.78 is 2.05. The molecule has 0 unspecified atom stereocenters. The maximum absolute atomic E-state index is 12.4. The Bertz CT molecular complexity index is 1080. The first kappa shape index (κ1) is 17.8. The average Bonchev–Trinajstić information content (AvgIpc) is 3.04. The lowest BCUT2D eigenvalue weighted by atomic mass is 10.2. The number of rotatable bonds is 6. The van der Waals surface area contributed by atoms with Crippen LogP contribution in [-0.4, -0.2) is 15.3 Å². The summed E-state index contributed by atoms with van der Waals surface area (Å²) in [6, 6.07) is 23.6. The number of carbonyl (C=O) groups excluding carboxylic acids is 1. The zero-order valence-electron chi connectivity index (χ0n) is 15.7. The topological polar surface area (TPSA) is 58.4 Å². The van der Waals surface area contributed by atoms with Crippen LogP contribution in [0.2, 0.25) is 0 Å². The van der Waals surface area contributed by atoms with Gasteiger partial charge in [0.25, 0.3) is 0 Å². The van der Waals surface area contributed by atoms with Gasteiger partial charge in [-0.15, -0.1) is 0 Å². The van der Waals surface area contributed by atoms with Gasteiger partial charge < -0.3 is 15.0 Å². The SMILES string of the molecule is Cc1nc2ccccn2c1CCC(=O)Nc1ccc(Nc2ccccc2)cc1. The number of hydrogen-bond donors (Lipinski definition) is 2. The number of aromatic nitrogens is 2. The van der Waals surface area contributed by atoms with Crippen molar-refractivity contribution in [2.45, 2.75) is 19.8 Å². The summed E-state index contributed by atoms with van der Waals surface area (Å²) in [7, 11) is 0. The number of imidazole rings is 1. The van der Waals surface area contributed by atoms with Crippen LogP contribution in [-0.2, 0) is 11.2 Å². The summed E-state index contributed by atoms with van der Waals surface area (Å²) in [5.74, 6) is -0.00551. The highest BCUT2D eigenvalue weighted by atomic mass is 16.1. The number of hydrogen-bond acceptors (Lipinski definition) is 3. The first-order valence-electron chi connectivity index (χ1n) is 9.33. The predicted octanol–water partition coefficient (Wildman–Crippen LogP) is 4.96. The Hall–Kier alpha value is -3.60. The molecule has 0 saturated carbocycles. The van der Waals surface area contributed by atoms with Crippen LogP contribution in [0.3, 0.4) is 0 Å². The van der Waals surface area contributed by atoms with Gasteiger partial charge >= 0.3 is 0 Å². The third kappa shape index (κ3) is 4.04. The number of anilines is 3. The van der Waals surface area contributed by atoms with E-state index in [1.807, 2.05) is 90.3 Å². The molecule has 5 nitrogen and oxygen atoms in total. The Morgan fingerprint density at radius 2 is 1.57 bits per heavy atom.